The quantitative estimate of drug-likeness (QED) is 0.930. The van der Waals surface area contributed by atoms with Gasteiger partial charge in [0.2, 0.25) is 0 Å². The molecule has 2 aromatic heterocycles. The van der Waals surface area contributed by atoms with Gasteiger partial charge in [0.05, 0.1) is 0 Å². The molecule has 2 aromatic rings. The molecule has 0 amide bonds. The van der Waals surface area contributed by atoms with E-state index in [1.165, 1.54) is 6.07 Å². The Bertz CT molecular complexity index is 552. The monoisotopic (exact) mass is 268 g/mol. The van der Waals surface area contributed by atoms with E-state index in [0.717, 1.165) is 17.2 Å². The van der Waals surface area contributed by atoms with Crippen LogP contribution in [0.5, 0.6) is 0 Å². The molecule has 1 N–H and O–H groups in total. The fourth-order valence-corrected chi connectivity index (χ4v) is 1.46. The lowest BCUT2D eigenvalue weighted by Crippen LogP contribution is -2.10. The van der Waals surface area contributed by atoms with Gasteiger partial charge in [-0.2, -0.15) is 13.2 Å². The second-order valence-electron chi connectivity index (χ2n) is 3.96. The molecule has 0 unspecified atom stereocenters. The minimum absolute atomic E-state index is 0.296. The Hall–Kier alpha value is -2.18. The zero-order chi connectivity index (χ0) is 13.9. The molecule has 19 heavy (non-hydrogen) atoms. The van der Waals surface area contributed by atoms with Gasteiger partial charge in [-0.15, -0.1) is 10.2 Å². The van der Waals surface area contributed by atoms with Crippen LogP contribution in [0.2, 0.25) is 0 Å². The summed E-state index contributed by atoms with van der Waals surface area (Å²) in [4.78, 5) is 3.96. The molecule has 0 aliphatic rings. The molecule has 4 nitrogen and oxygen atoms in total. The number of hydrogen-bond donors (Lipinski definition) is 1. The molecule has 0 spiro atoms. The van der Waals surface area contributed by atoms with Gasteiger partial charge in [-0.1, -0.05) is 0 Å². The van der Waals surface area contributed by atoms with Crippen LogP contribution in [0.25, 0.3) is 0 Å². The highest BCUT2D eigenvalue weighted by Gasteiger charge is 2.32. The van der Waals surface area contributed by atoms with E-state index in [1.807, 2.05) is 13.0 Å². The van der Waals surface area contributed by atoms with Crippen molar-refractivity contribution in [3.05, 3.63) is 47.4 Å². The topological polar surface area (TPSA) is 50.7 Å². The maximum Gasteiger partial charge on any atom is 0.435 e. The highest BCUT2D eigenvalue weighted by molar-refractivity contribution is 5.35. The predicted octanol–water partition coefficient (Wildman–Crippen LogP) is 2.81. The van der Waals surface area contributed by atoms with Crippen LogP contribution >= 0.6 is 0 Å². The molecule has 0 aromatic carbocycles. The molecule has 0 aliphatic carbocycles. The summed E-state index contributed by atoms with van der Waals surface area (Å²) >= 11 is 0. The first-order valence-electron chi connectivity index (χ1n) is 5.51. The van der Waals surface area contributed by atoms with Gasteiger partial charge in [0.1, 0.15) is 5.82 Å². The molecule has 0 aliphatic heterocycles. The van der Waals surface area contributed by atoms with Gasteiger partial charge in [-0.3, -0.25) is 4.98 Å². The second-order valence-corrected chi connectivity index (χ2v) is 3.96. The lowest BCUT2D eigenvalue weighted by atomic mass is 10.1. The second kappa shape index (κ2) is 5.21. The van der Waals surface area contributed by atoms with Crippen molar-refractivity contribution < 1.29 is 13.2 Å². The summed E-state index contributed by atoms with van der Waals surface area (Å²) in [6.45, 7) is 2.36. The summed E-state index contributed by atoms with van der Waals surface area (Å²) < 4.78 is 36.9. The van der Waals surface area contributed by atoms with Gasteiger partial charge in [0.25, 0.3) is 0 Å². The number of hydrogen-bond acceptors (Lipinski definition) is 4. The summed E-state index contributed by atoms with van der Waals surface area (Å²) in [7, 11) is 0. The third-order valence-electron chi connectivity index (χ3n) is 2.55. The molecule has 0 saturated carbocycles. The molecule has 0 atom stereocenters. The van der Waals surface area contributed by atoms with E-state index in [2.05, 4.69) is 20.5 Å². The number of alkyl halides is 3. The first-order valence-corrected chi connectivity index (χ1v) is 5.51. The SMILES string of the molecule is Cc1cnccc1CNc1ccc(C(F)(F)F)nn1. The third-order valence-corrected chi connectivity index (χ3v) is 2.55. The van der Waals surface area contributed by atoms with Crippen LogP contribution in [-0.4, -0.2) is 15.2 Å². The average Bonchev–Trinajstić information content (AvgIpc) is 2.37. The highest BCUT2D eigenvalue weighted by Crippen LogP contribution is 2.27. The minimum Gasteiger partial charge on any atom is -0.364 e. The number of nitrogens with one attached hydrogen (secondary N) is 1. The average molecular weight is 268 g/mol. The summed E-state index contributed by atoms with van der Waals surface area (Å²) in [6.07, 6.45) is -1.09. The Morgan fingerprint density at radius 3 is 2.53 bits per heavy atom. The van der Waals surface area contributed by atoms with Gasteiger partial charge < -0.3 is 5.32 Å². The van der Waals surface area contributed by atoms with E-state index in [9.17, 15) is 13.2 Å². The molecule has 0 radical (unpaired) electrons. The standard InChI is InChI=1S/C12H11F3N4/c1-8-6-16-5-4-9(8)7-17-11-3-2-10(18-19-11)12(13,14)15/h2-6H,7H2,1H3,(H,17,19). The minimum atomic E-state index is -4.47. The van der Waals surface area contributed by atoms with Crippen molar-refractivity contribution in [1.29, 1.82) is 0 Å². The van der Waals surface area contributed by atoms with Crippen LogP contribution in [0.1, 0.15) is 16.8 Å². The van der Waals surface area contributed by atoms with Crippen molar-refractivity contribution in [1.82, 2.24) is 15.2 Å². The van der Waals surface area contributed by atoms with Crippen molar-refractivity contribution in [2.75, 3.05) is 5.32 Å². The molecule has 100 valence electrons. The number of nitrogens with zero attached hydrogens (tertiary/aromatic N) is 3. The van der Waals surface area contributed by atoms with Crippen LogP contribution in [0.4, 0.5) is 19.0 Å². The van der Waals surface area contributed by atoms with Crippen LogP contribution < -0.4 is 5.32 Å². The Balaban J connectivity index is 2.03. The Kier molecular flexibility index (Phi) is 3.64. The van der Waals surface area contributed by atoms with Crippen LogP contribution in [0.3, 0.4) is 0 Å². The number of halogens is 3. The van der Waals surface area contributed by atoms with E-state index >= 15 is 0 Å². The zero-order valence-corrected chi connectivity index (χ0v) is 10.1. The van der Waals surface area contributed by atoms with Crippen molar-refractivity contribution in [2.24, 2.45) is 0 Å². The Morgan fingerprint density at radius 2 is 1.95 bits per heavy atom. The molecule has 2 rings (SSSR count). The molecular formula is C12H11F3N4. The summed E-state index contributed by atoms with van der Waals surface area (Å²) in [6, 6.07) is 3.99. The van der Waals surface area contributed by atoms with Gasteiger partial charge in [0, 0.05) is 18.9 Å². The van der Waals surface area contributed by atoms with Crippen molar-refractivity contribution in [2.45, 2.75) is 19.6 Å². The van der Waals surface area contributed by atoms with Crippen molar-refractivity contribution in [3.8, 4) is 0 Å². The van der Waals surface area contributed by atoms with E-state index in [-0.39, 0.29) is 0 Å². The fourth-order valence-electron chi connectivity index (χ4n) is 1.46. The van der Waals surface area contributed by atoms with Gasteiger partial charge in [0.15, 0.2) is 5.69 Å². The van der Waals surface area contributed by atoms with Crippen LogP contribution in [-0.2, 0) is 12.7 Å². The maximum atomic E-state index is 12.3. The predicted molar refractivity (Wildman–Crippen MR) is 63.3 cm³/mol. The zero-order valence-electron chi connectivity index (χ0n) is 10.1. The summed E-state index contributed by atoms with van der Waals surface area (Å²) in [5.74, 6) is 0.296. The molecule has 0 fully saturated rings. The number of rotatable bonds is 3. The largest absolute Gasteiger partial charge is 0.435 e. The lowest BCUT2D eigenvalue weighted by Gasteiger charge is -2.08. The smallest absolute Gasteiger partial charge is 0.364 e. The van der Waals surface area contributed by atoms with E-state index in [0.29, 0.717) is 12.4 Å². The van der Waals surface area contributed by atoms with E-state index in [4.69, 9.17) is 0 Å². The van der Waals surface area contributed by atoms with Crippen molar-refractivity contribution in [3.63, 3.8) is 0 Å². The Labute approximate surface area is 107 Å². The lowest BCUT2D eigenvalue weighted by molar-refractivity contribution is -0.141. The number of pyridine rings is 1. The number of aromatic nitrogens is 3. The summed E-state index contributed by atoms with van der Waals surface area (Å²) in [5, 5.41) is 9.54. The van der Waals surface area contributed by atoms with Gasteiger partial charge >= 0.3 is 6.18 Å². The van der Waals surface area contributed by atoms with Crippen LogP contribution in [0, 0.1) is 6.92 Å². The number of anilines is 1. The van der Waals surface area contributed by atoms with E-state index < -0.39 is 11.9 Å². The maximum absolute atomic E-state index is 12.3. The molecule has 0 bridgehead atoms. The molecule has 0 saturated heterocycles. The summed E-state index contributed by atoms with van der Waals surface area (Å²) in [5.41, 5.74) is 0.990. The van der Waals surface area contributed by atoms with Gasteiger partial charge in [-0.25, -0.2) is 0 Å². The van der Waals surface area contributed by atoms with Gasteiger partial charge in [-0.05, 0) is 36.2 Å². The van der Waals surface area contributed by atoms with Crippen LogP contribution in [0.15, 0.2) is 30.6 Å². The molecule has 7 heteroatoms. The molecule has 2 heterocycles. The van der Waals surface area contributed by atoms with Crippen molar-refractivity contribution >= 4 is 5.82 Å². The first-order chi connectivity index (χ1) is 8.97. The normalized spacial score (nSPS) is 11.4. The highest BCUT2D eigenvalue weighted by atomic mass is 19.4. The number of aryl methyl sites for hydroxylation is 1. The fraction of sp³-hybridized carbons (Fsp3) is 0.250. The Morgan fingerprint density at radius 1 is 1.16 bits per heavy atom. The first kappa shape index (κ1) is 13.3. The third kappa shape index (κ3) is 3.40. The molecular weight excluding hydrogens is 257 g/mol. The van der Waals surface area contributed by atoms with E-state index in [1.54, 1.807) is 12.4 Å².